The topological polar surface area (TPSA) is 57.4 Å². The van der Waals surface area contributed by atoms with E-state index in [0.29, 0.717) is 5.69 Å². The number of rotatable bonds is 2. The van der Waals surface area contributed by atoms with Gasteiger partial charge in [-0.1, -0.05) is 5.98 Å². The molecule has 0 unspecified atom stereocenters. The molecule has 2 heterocycles. The molecule has 0 aliphatic carbocycles. The highest BCUT2D eigenvalue weighted by atomic mass is 16.7. The van der Waals surface area contributed by atoms with E-state index in [2.05, 4.69) is 4.98 Å². The minimum absolute atomic E-state index is 0.313. The molecule has 1 aromatic heterocycles. The van der Waals surface area contributed by atoms with Crippen LogP contribution in [0.3, 0.4) is 0 Å². The minimum atomic E-state index is -0.343. The van der Waals surface area contributed by atoms with Gasteiger partial charge in [-0.05, 0) is 52.3 Å². The number of hydrogen-bond donors (Lipinski definition) is 1. The zero-order chi connectivity index (χ0) is 14.3. The second-order valence-corrected chi connectivity index (χ2v) is 5.95. The summed E-state index contributed by atoms with van der Waals surface area (Å²) in [4.78, 5) is 4.25. The average Bonchev–Trinajstić information content (AvgIpc) is 2.49. The van der Waals surface area contributed by atoms with Crippen molar-refractivity contribution in [3.8, 4) is 0 Å². The predicted molar refractivity (Wildman–Crippen MR) is 78.5 cm³/mol. The molecule has 0 saturated carbocycles. The number of nitrogen functional groups attached to an aromatic ring is 1. The average molecular weight is 260 g/mol. The number of nitrogens with two attached hydrogens (primary N) is 1. The number of anilines is 1. The van der Waals surface area contributed by atoms with Crippen molar-refractivity contribution >= 4 is 18.9 Å². The largest absolute Gasteiger partial charge is 0.487 e. The smallest absolute Gasteiger partial charge is 0.400 e. The van der Waals surface area contributed by atoms with Crippen LogP contribution in [0.15, 0.2) is 18.2 Å². The molecule has 5 heteroatoms. The van der Waals surface area contributed by atoms with Crippen molar-refractivity contribution in [1.82, 2.24) is 4.98 Å². The Morgan fingerprint density at radius 1 is 1.21 bits per heavy atom. The molecule has 0 amide bonds. The normalized spacial score (nSPS) is 21.2. The van der Waals surface area contributed by atoms with E-state index in [4.69, 9.17) is 15.0 Å². The quantitative estimate of drug-likeness (QED) is 0.830. The minimum Gasteiger partial charge on any atom is -0.400 e. The van der Waals surface area contributed by atoms with Gasteiger partial charge in [0, 0.05) is 0 Å². The lowest BCUT2D eigenvalue weighted by molar-refractivity contribution is 0.00578. The summed E-state index contributed by atoms with van der Waals surface area (Å²) >= 11 is 0. The lowest BCUT2D eigenvalue weighted by Gasteiger charge is -2.32. The molecule has 1 aliphatic heterocycles. The molecule has 0 spiro atoms. The van der Waals surface area contributed by atoms with Crippen molar-refractivity contribution in [2.45, 2.75) is 45.8 Å². The Morgan fingerprint density at radius 2 is 1.79 bits per heavy atom. The fourth-order valence-electron chi connectivity index (χ4n) is 1.82. The Balaban J connectivity index is 2.10. The van der Waals surface area contributed by atoms with Gasteiger partial charge in [-0.3, -0.25) is 4.98 Å². The monoisotopic (exact) mass is 260 g/mol. The first-order chi connectivity index (χ1) is 8.71. The van der Waals surface area contributed by atoms with Crippen LogP contribution in [-0.4, -0.2) is 23.3 Å². The van der Waals surface area contributed by atoms with Crippen LogP contribution in [0.25, 0.3) is 6.08 Å². The number of hydrogen-bond acceptors (Lipinski definition) is 4. The summed E-state index contributed by atoms with van der Waals surface area (Å²) in [7, 11) is -0.343. The van der Waals surface area contributed by atoms with Crippen molar-refractivity contribution in [1.29, 1.82) is 0 Å². The lowest BCUT2D eigenvalue weighted by atomic mass is 9.89. The second-order valence-electron chi connectivity index (χ2n) is 5.95. The first kappa shape index (κ1) is 14.1. The van der Waals surface area contributed by atoms with Crippen molar-refractivity contribution < 1.29 is 9.31 Å². The van der Waals surface area contributed by atoms with Crippen LogP contribution in [0, 0.1) is 6.92 Å². The molecule has 0 aromatic carbocycles. The third-order valence-electron chi connectivity index (χ3n) is 3.87. The maximum Gasteiger partial charge on any atom is 0.487 e. The van der Waals surface area contributed by atoms with Gasteiger partial charge >= 0.3 is 7.12 Å². The zero-order valence-corrected chi connectivity index (χ0v) is 12.2. The van der Waals surface area contributed by atoms with E-state index in [-0.39, 0.29) is 18.3 Å². The third-order valence-corrected chi connectivity index (χ3v) is 3.87. The molecule has 1 aliphatic rings. The van der Waals surface area contributed by atoms with E-state index < -0.39 is 0 Å². The summed E-state index contributed by atoms with van der Waals surface area (Å²) in [5.74, 6) is 1.88. The van der Waals surface area contributed by atoms with Gasteiger partial charge in [0.15, 0.2) is 0 Å². The van der Waals surface area contributed by atoms with Crippen LogP contribution in [0.5, 0.6) is 0 Å². The van der Waals surface area contributed by atoms with Crippen molar-refractivity contribution in [2.75, 3.05) is 5.73 Å². The number of nitrogens with zero attached hydrogens (tertiary/aromatic N) is 1. The molecule has 1 fully saturated rings. The van der Waals surface area contributed by atoms with E-state index >= 15 is 0 Å². The fourth-order valence-corrected chi connectivity index (χ4v) is 1.82. The first-order valence-electron chi connectivity index (χ1n) is 6.47. The third kappa shape index (κ3) is 2.82. The molecule has 0 bridgehead atoms. The van der Waals surface area contributed by atoms with Gasteiger partial charge in [-0.2, -0.15) is 0 Å². The molecule has 4 nitrogen and oxygen atoms in total. The highest BCUT2D eigenvalue weighted by Gasteiger charge is 2.49. The van der Waals surface area contributed by atoms with E-state index in [9.17, 15) is 0 Å². The van der Waals surface area contributed by atoms with Crippen molar-refractivity contribution in [3.05, 3.63) is 29.5 Å². The summed E-state index contributed by atoms with van der Waals surface area (Å²) in [5, 5.41) is 0. The standard InChI is InChI=1S/C14H21BN2O2/c1-10-8-11(17-9-12(10)16)6-7-15-18-13(2,3)14(4,5)19-15/h6-9H,16H2,1-5H3/b7-6+. The molecular formula is C14H21BN2O2. The molecule has 0 atom stereocenters. The maximum atomic E-state index is 5.88. The highest BCUT2D eigenvalue weighted by Crippen LogP contribution is 2.36. The molecule has 1 aromatic rings. The second kappa shape index (κ2) is 4.65. The van der Waals surface area contributed by atoms with E-state index in [1.165, 1.54) is 0 Å². The van der Waals surface area contributed by atoms with Crippen LogP contribution < -0.4 is 5.73 Å². The fraction of sp³-hybridized carbons (Fsp3) is 0.500. The van der Waals surface area contributed by atoms with Crippen LogP contribution in [-0.2, 0) is 9.31 Å². The van der Waals surface area contributed by atoms with Gasteiger partial charge in [0.1, 0.15) is 0 Å². The summed E-state index contributed by atoms with van der Waals surface area (Å²) in [5.41, 5.74) is 7.68. The Kier molecular flexibility index (Phi) is 3.45. The maximum absolute atomic E-state index is 5.88. The summed E-state index contributed by atoms with van der Waals surface area (Å²) in [6, 6.07) is 1.94. The summed E-state index contributed by atoms with van der Waals surface area (Å²) < 4.78 is 11.8. The Bertz CT molecular complexity index is 496. The Morgan fingerprint density at radius 3 is 2.32 bits per heavy atom. The van der Waals surface area contributed by atoms with Gasteiger partial charge in [-0.25, -0.2) is 0 Å². The zero-order valence-electron chi connectivity index (χ0n) is 12.2. The molecular weight excluding hydrogens is 239 g/mol. The van der Waals surface area contributed by atoms with E-state index in [1.807, 2.05) is 52.7 Å². The Labute approximate surface area is 115 Å². The molecule has 19 heavy (non-hydrogen) atoms. The summed E-state index contributed by atoms with van der Waals surface area (Å²) in [6.45, 7) is 10.1. The van der Waals surface area contributed by atoms with Crippen LogP contribution in [0.4, 0.5) is 5.69 Å². The first-order valence-corrected chi connectivity index (χ1v) is 6.47. The molecule has 102 valence electrons. The van der Waals surface area contributed by atoms with E-state index in [1.54, 1.807) is 6.20 Å². The lowest BCUT2D eigenvalue weighted by Crippen LogP contribution is -2.41. The van der Waals surface area contributed by atoms with Gasteiger partial charge in [0.2, 0.25) is 0 Å². The molecule has 1 saturated heterocycles. The van der Waals surface area contributed by atoms with Crippen LogP contribution in [0.1, 0.15) is 39.0 Å². The number of aromatic nitrogens is 1. The molecule has 0 radical (unpaired) electrons. The van der Waals surface area contributed by atoms with Crippen molar-refractivity contribution in [3.63, 3.8) is 0 Å². The number of aryl methyl sites for hydroxylation is 1. The van der Waals surface area contributed by atoms with E-state index in [0.717, 1.165) is 11.3 Å². The van der Waals surface area contributed by atoms with Gasteiger partial charge in [-0.15, -0.1) is 0 Å². The molecule has 2 rings (SSSR count). The summed E-state index contributed by atoms with van der Waals surface area (Å²) in [6.07, 6.45) is 3.56. The van der Waals surface area contributed by atoms with Gasteiger partial charge < -0.3 is 15.0 Å². The number of pyridine rings is 1. The highest BCUT2D eigenvalue weighted by molar-refractivity contribution is 6.52. The van der Waals surface area contributed by atoms with Crippen LogP contribution in [0.2, 0.25) is 0 Å². The van der Waals surface area contributed by atoms with Crippen LogP contribution >= 0.6 is 0 Å². The Hall–Kier alpha value is -1.33. The molecule has 2 N–H and O–H groups in total. The SMILES string of the molecule is Cc1cc(/C=C/B2OC(C)(C)C(C)(C)O2)ncc1N. The van der Waals surface area contributed by atoms with Gasteiger partial charge in [0.05, 0.1) is 28.8 Å². The predicted octanol–water partition coefficient (Wildman–Crippen LogP) is 2.62. The van der Waals surface area contributed by atoms with Gasteiger partial charge in [0.25, 0.3) is 0 Å². The van der Waals surface area contributed by atoms with Crippen molar-refractivity contribution in [2.24, 2.45) is 0 Å².